The Balaban J connectivity index is 1.95. The molecule has 2 nitrogen and oxygen atoms in total. The summed E-state index contributed by atoms with van der Waals surface area (Å²) in [5.74, 6) is 0.866. The lowest BCUT2D eigenvalue weighted by molar-refractivity contribution is -0.0251. The maximum absolute atomic E-state index is 5.86. The van der Waals surface area contributed by atoms with E-state index in [-0.39, 0.29) is 0 Å². The minimum Gasteiger partial charge on any atom is -0.381 e. The molecule has 2 N–H and O–H groups in total. The fraction of sp³-hybridized carbons (Fsp3) is 1.00. The SMILES string of the molecule is NCC1(C2CCOCC2)CCC1. The highest BCUT2D eigenvalue weighted by Gasteiger charge is 2.42. The van der Waals surface area contributed by atoms with Gasteiger partial charge in [0, 0.05) is 13.2 Å². The van der Waals surface area contributed by atoms with E-state index in [4.69, 9.17) is 10.5 Å². The van der Waals surface area contributed by atoms with Gasteiger partial charge in [0.05, 0.1) is 0 Å². The number of ether oxygens (including phenoxy) is 1. The molecule has 1 aliphatic carbocycles. The average Bonchev–Trinajstić information content (AvgIpc) is 2.05. The van der Waals surface area contributed by atoms with Crippen LogP contribution in [0.5, 0.6) is 0 Å². The lowest BCUT2D eigenvalue weighted by atomic mass is 9.59. The van der Waals surface area contributed by atoms with E-state index >= 15 is 0 Å². The summed E-state index contributed by atoms with van der Waals surface area (Å²) < 4.78 is 5.37. The summed E-state index contributed by atoms with van der Waals surface area (Å²) in [6.07, 6.45) is 6.63. The van der Waals surface area contributed by atoms with E-state index in [0.717, 1.165) is 25.7 Å². The molecule has 0 aromatic heterocycles. The standard InChI is InChI=1S/C10H19NO/c11-8-10(4-1-5-10)9-2-6-12-7-3-9/h9H,1-8,11H2. The number of nitrogens with two attached hydrogens (primary N) is 1. The summed E-state index contributed by atoms with van der Waals surface area (Å²) >= 11 is 0. The summed E-state index contributed by atoms with van der Waals surface area (Å²) in [5, 5.41) is 0. The predicted octanol–water partition coefficient (Wildman–Crippen LogP) is 1.54. The Labute approximate surface area is 74.5 Å². The summed E-state index contributed by atoms with van der Waals surface area (Å²) in [6.45, 7) is 2.83. The highest BCUT2D eigenvalue weighted by Crippen LogP contribution is 2.49. The zero-order valence-corrected chi connectivity index (χ0v) is 7.72. The van der Waals surface area contributed by atoms with Crippen LogP contribution in [0, 0.1) is 11.3 Å². The lowest BCUT2D eigenvalue weighted by Crippen LogP contribution is -2.45. The van der Waals surface area contributed by atoms with Gasteiger partial charge >= 0.3 is 0 Å². The fourth-order valence-corrected chi connectivity index (χ4v) is 2.72. The minimum atomic E-state index is 0.532. The molecule has 2 fully saturated rings. The highest BCUT2D eigenvalue weighted by atomic mass is 16.5. The number of rotatable bonds is 2. The first kappa shape index (κ1) is 8.52. The van der Waals surface area contributed by atoms with Crippen molar-refractivity contribution < 1.29 is 4.74 Å². The van der Waals surface area contributed by atoms with Gasteiger partial charge < -0.3 is 10.5 Å². The minimum absolute atomic E-state index is 0.532. The van der Waals surface area contributed by atoms with Gasteiger partial charge in [0.15, 0.2) is 0 Å². The van der Waals surface area contributed by atoms with Gasteiger partial charge in [0.2, 0.25) is 0 Å². The molecule has 0 atom stereocenters. The smallest absolute Gasteiger partial charge is 0.0468 e. The van der Waals surface area contributed by atoms with Gasteiger partial charge in [-0.3, -0.25) is 0 Å². The topological polar surface area (TPSA) is 35.2 Å². The number of hydrogen-bond donors (Lipinski definition) is 1. The van der Waals surface area contributed by atoms with Crippen molar-refractivity contribution in [2.24, 2.45) is 17.1 Å². The highest BCUT2D eigenvalue weighted by molar-refractivity contribution is 4.94. The molecule has 1 saturated heterocycles. The normalized spacial score (nSPS) is 29.8. The zero-order chi connectivity index (χ0) is 8.44. The maximum Gasteiger partial charge on any atom is 0.0468 e. The third kappa shape index (κ3) is 1.27. The monoisotopic (exact) mass is 169 g/mol. The van der Waals surface area contributed by atoms with Crippen molar-refractivity contribution in [3.05, 3.63) is 0 Å². The summed E-state index contributed by atoms with van der Waals surface area (Å²) in [7, 11) is 0. The Morgan fingerprint density at radius 1 is 1.25 bits per heavy atom. The van der Waals surface area contributed by atoms with Gasteiger partial charge in [-0.15, -0.1) is 0 Å². The zero-order valence-electron chi connectivity index (χ0n) is 7.72. The summed E-state index contributed by atoms with van der Waals surface area (Å²) in [6, 6.07) is 0. The molecule has 0 aromatic rings. The van der Waals surface area contributed by atoms with E-state index in [9.17, 15) is 0 Å². The Morgan fingerprint density at radius 3 is 2.33 bits per heavy atom. The third-order valence-electron chi connectivity index (χ3n) is 3.84. The molecule has 1 aliphatic heterocycles. The van der Waals surface area contributed by atoms with Crippen molar-refractivity contribution in [3.8, 4) is 0 Å². The van der Waals surface area contributed by atoms with Crippen LogP contribution in [0.3, 0.4) is 0 Å². The van der Waals surface area contributed by atoms with Gasteiger partial charge in [-0.1, -0.05) is 6.42 Å². The molecular weight excluding hydrogens is 150 g/mol. The Hall–Kier alpha value is -0.0800. The van der Waals surface area contributed by atoms with Crippen LogP contribution in [0.25, 0.3) is 0 Å². The lowest BCUT2D eigenvalue weighted by Gasteiger charge is -2.48. The molecule has 0 radical (unpaired) electrons. The molecule has 0 aromatic carbocycles. The van der Waals surface area contributed by atoms with Crippen LogP contribution in [0.4, 0.5) is 0 Å². The Kier molecular flexibility index (Phi) is 2.37. The maximum atomic E-state index is 5.86. The molecular formula is C10H19NO. The van der Waals surface area contributed by atoms with Crippen LogP contribution in [-0.4, -0.2) is 19.8 Å². The van der Waals surface area contributed by atoms with Crippen LogP contribution in [0.2, 0.25) is 0 Å². The molecule has 0 spiro atoms. The van der Waals surface area contributed by atoms with E-state index in [2.05, 4.69) is 0 Å². The Bertz CT molecular complexity index is 142. The van der Waals surface area contributed by atoms with Crippen molar-refractivity contribution in [2.45, 2.75) is 32.1 Å². The molecule has 12 heavy (non-hydrogen) atoms. The quantitative estimate of drug-likeness (QED) is 0.680. The first-order valence-corrected chi connectivity index (χ1v) is 5.15. The summed E-state index contributed by atoms with van der Waals surface area (Å²) in [5.41, 5.74) is 6.39. The van der Waals surface area contributed by atoms with Gasteiger partial charge in [0.1, 0.15) is 0 Å². The molecule has 70 valence electrons. The van der Waals surface area contributed by atoms with E-state index in [1.54, 1.807) is 0 Å². The van der Waals surface area contributed by atoms with Gasteiger partial charge in [0.25, 0.3) is 0 Å². The van der Waals surface area contributed by atoms with Gasteiger partial charge in [-0.2, -0.15) is 0 Å². The molecule has 1 heterocycles. The van der Waals surface area contributed by atoms with Crippen LogP contribution >= 0.6 is 0 Å². The van der Waals surface area contributed by atoms with E-state index in [0.29, 0.717) is 5.41 Å². The van der Waals surface area contributed by atoms with Crippen molar-refractivity contribution in [1.29, 1.82) is 0 Å². The number of hydrogen-bond acceptors (Lipinski definition) is 2. The molecule has 1 saturated carbocycles. The molecule has 0 amide bonds. The van der Waals surface area contributed by atoms with Crippen LogP contribution < -0.4 is 5.73 Å². The van der Waals surface area contributed by atoms with Crippen molar-refractivity contribution in [1.82, 2.24) is 0 Å². The second kappa shape index (κ2) is 3.35. The van der Waals surface area contributed by atoms with Crippen LogP contribution in [0.15, 0.2) is 0 Å². The molecule has 2 rings (SSSR count). The van der Waals surface area contributed by atoms with E-state index in [1.807, 2.05) is 0 Å². The first-order valence-electron chi connectivity index (χ1n) is 5.15. The molecule has 2 aliphatic rings. The van der Waals surface area contributed by atoms with Crippen molar-refractivity contribution >= 4 is 0 Å². The molecule has 2 heteroatoms. The van der Waals surface area contributed by atoms with Gasteiger partial charge in [-0.05, 0) is 43.6 Å². The summed E-state index contributed by atoms with van der Waals surface area (Å²) in [4.78, 5) is 0. The average molecular weight is 169 g/mol. The molecule has 0 bridgehead atoms. The van der Waals surface area contributed by atoms with E-state index in [1.165, 1.54) is 32.1 Å². The van der Waals surface area contributed by atoms with E-state index < -0.39 is 0 Å². The predicted molar refractivity (Wildman–Crippen MR) is 48.9 cm³/mol. The third-order valence-corrected chi connectivity index (χ3v) is 3.84. The fourth-order valence-electron chi connectivity index (χ4n) is 2.72. The van der Waals surface area contributed by atoms with Crippen molar-refractivity contribution in [2.75, 3.05) is 19.8 Å². The largest absolute Gasteiger partial charge is 0.381 e. The van der Waals surface area contributed by atoms with Crippen LogP contribution in [0.1, 0.15) is 32.1 Å². The Morgan fingerprint density at radius 2 is 1.92 bits per heavy atom. The first-order chi connectivity index (χ1) is 5.87. The second-order valence-electron chi connectivity index (χ2n) is 4.31. The molecule has 0 unspecified atom stereocenters. The second-order valence-corrected chi connectivity index (χ2v) is 4.31. The van der Waals surface area contributed by atoms with Crippen LogP contribution in [-0.2, 0) is 4.74 Å². The van der Waals surface area contributed by atoms with Gasteiger partial charge in [-0.25, -0.2) is 0 Å². The van der Waals surface area contributed by atoms with Crippen molar-refractivity contribution in [3.63, 3.8) is 0 Å².